The number of carbonyl (C=O) groups excluding carboxylic acids is 8. The van der Waals surface area contributed by atoms with E-state index in [0.29, 0.717) is 24.0 Å². The molecular weight excluding hydrogens is 939 g/mol. The van der Waals surface area contributed by atoms with Gasteiger partial charge in [-0.05, 0) is 79.8 Å². The summed E-state index contributed by atoms with van der Waals surface area (Å²) in [5, 5.41) is 33.2. The van der Waals surface area contributed by atoms with Crippen molar-refractivity contribution in [2.24, 2.45) is 23.1 Å². The number of hydrogen-bond donors (Lipinski definition) is 11. The fourth-order valence-corrected chi connectivity index (χ4v) is 7.77. The van der Waals surface area contributed by atoms with Crippen molar-refractivity contribution < 1.29 is 43.5 Å². The summed E-state index contributed by atoms with van der Waals surface area (Å²) in [6, 6.07) is 10.5. The highest BCUT2D eigenvalue weighted by Gasteiger charge is 2.37. The molecule has 0 radical (unpaired) electrons. The van der Waals surface area contributed by atoms with Crippen LogP contribution in [0.4, 0.5) is 0 Å². The number of rotatable bonds is 30. The van der Waals surface area contributed by atoms with Crippen LogP contribution >= 0.6 is 0 Å². The van der Waals surface area contributed by atoms with Crippen molar-refractivity contribution in [1.82, 2.24) is 46.7 Å². The Labute approximate surface area is 427 Å². The number of nitrogens with zero attached hydrogens (tertiary/aromatic N) is 3. The lowest BCUT2D eigenvalue weighted by atomic mass is 9.98. The molecule has 73 heavy (non-hydrogen) atoms. The van der Waals surface area contributed by atoms with E-state index in [1.54, 1.807) is 42.6 Å². The summed E-state index contributed by atoms with van der Waals surface area (Å²) in [6.07, 6.45) is 5.03. The molecule has 8 amide bonds. The van der Waals surface area contributed by atoms with Crippen molar-refractivity contribution in [2.75, 3.05) is 27.2 Å². The van der Waals surface area contributed by atoms with Gasteiger partial charge in [-0.15, -0.1) is 0 Å². The first-order valence-electron chi connectivity index (χ1n) is 24.5. The number of aromatic hydroxyl groups is 1. The molecule has 2 aromatic carbocycles. The summed E-state index contributed by atoms with van der Waals surface area (Å²) in [5.74, 6) is -5.78. The molecule has 0 aliphatic heterocycles. The number of phenols is 1. The Hall–Kier alpha value is -7.62. The van der Waals surface area contributed by atoms with Crippen LogP contribution in [0, 0.1) is 11.3 Å². The largest absolute Gasteiger partial charge is 0.508 e. The Kier molecular flexibility index (Phi) is 24.8. The number of hydrogen-bond acceptors (Lipinski definition) is 12. The van der Waals surface area contributed by atoms with E-state index in [-0.39, 0.29) is 69.1 Å². The molecule has 1 heterocycles. The fourth-order valence-electron chi connectivity index (χ4n) is 7.77. The number of nitrogens with two attached hydrogens (primary N) is 3. The zero-order valence-electron chi connectivity index (χ0n) is 42.7. The molecular formula is C51H75N13O9. The second-order valence-electron chi connectivity index (χ2n) is 18.5. The van der Waals surface area contributed by atoms with E-state index in [1.807, 2.05) is 39.0 Å². The maximum atomic E-state index is 14.6. The van der Waals surface area contributed by atoms with Gasteiger partial charge in [-0.3, -0.25) is 48.7 Å². The molecule has 0 aliphatic rings. The van der Waals surface area contributed by atoms with Gasteiger partial charge < -0.3 is 64.0 Å². The summed E-state index contributed by atoms with van der Waals surface area (Å²) in [7, 11) is 2.83. The molecule has 14 N–H and O–H groups in total. The number of primary amides is 1. The molecule has 7 atom stereocenters. The quantitative estimate of drug-likeness (QED) is 0.0236. The second-order valence-corrected chi connectivity index (χ2v) is 18.5. The number of unbranched alkanes of at least 4 members (excludes halogenated alkanes) is 1. The molecule has 0 bridgehead atoms. The maximum absolute atomic E-state index is 14.6. The minimum atomic E-state index is -1.29. The molecule has 1 aromatic heterocycles. The van der Waals surface area contributed by atoms with E-state index >= 15 is 0 Å². The smallest absolute Gasteiger partial charge is 0.245 e. The lowest BCUT2D eigenvalue weighted by molar-refractivity contribution is -0.144. The van der Waals surface area contributed by atoms with Gasteiger partial charge in [-0.2, -0.15) is 0 Å². The Morgan fingerprint density at radius 1 is 0.644 bits per heavy atom. The zero-order valence-corrected chi connectivity index (χ0v) is 42.7. The first kappa shape index (κ1) is 59.7. The predicted molar refractivity (Wildman–Crippen MR) is 275 cm³/mol. The summed E-state index contributed by atoms with van der Waals surface area (Å²) >= 11 is 0. The molecule has 22 heteroatoms. The standard InChI is InChI=1S/C51H75N13O9/c1-7-8-17-39(60-48(71)42(25-31(2)3)64(6)50(73)40(27-33-14-10-9-11-15-33)61-45(68)37(52)26-34-19-21-36(65)22-20-34)47(70)62-41(28-35-16-12-23-56-29-35)49(72)63(5)32(4)44(67)59-38(18-13-24-57-51(54)55)46(69)58-30-43(53)66/h9-12,14-16,19-23,29,31-32,37-42,65H,7-8,13,17-18,24-28,30,52H2,1-6H3,(H2,53,66)(H,58,69)(H,59,67)(H,60,71)(H,61,68)(H,62,70)(H4,54,55,57)/t32-,37-,38-,39-,40-,41-,42-/m0/s1. The summed E-state index contributed by atoms with van der Waals surface area (Å²) in [5.41, 5.74) is 18.9. The number of aromatic nitrogens is 1. The molecule has 3 aromatic rings. The van der Waals surface area contributed by atoms with Crippen LogP contribution in [0.2, 0.25) is 0 Å². The zero-order chi connectivity index (χ0) is 54.2. The number of guanidine groups is 1. The van der Waals surface area contributed by atoms with E-state index in [4.69, 9.17) is 22.6 Å². The van der Waals surface area contributed by atoms with Gasteiger partial charge in [0.15, 0.2) is 5.96 Å². The molecule has 0 spiro atoms. The fraction of sp³-hybridized carbons (Fsp3) is 0.490. The number of phenolic OH excluding ortho intramolecular Hbond substituents is 1. The van der Waals surface area contributed by atoms with Gasteiger partial charge >= 0.3 is 0 Å². The van der Waals surface area contributed by atoms with Crippen molar-refractivity contribution in [1.29, 1.82) is 5.41 Å². The van der Waals surface area contributed by atoms with E-state index in [9.17, 15) is 43.5 Å². The van der Waals surface area contributed by atoms with Crippen molar-refractivity contribution in [3.63, 3.8) is 0 Å². The van der Waals surface area contributed by atoms with Gasteiger partial charge in [-0.25, -0.2) is 0 Å². The third-order valence-electron chi connectivity index (χ3n) is 12.1. The number of likely N-dealkylation sites (N-methyl/N-ethyl adjacent to an activating group) is 2. The molecule has 0 saturated heterocycles. The van der Waals surface area contributed by atoms with Gasteiger partial charge in [0.25, 0.3) is 0 Å². The predicted octanol–water partition coefficient (Wildman–Crippen LogP) is -0.143. The number of nitrogens with one attached hydrogen (secondary N) is 7. The third-order valence-corrected chi connectivity index (χ3v) is 12.1. The summed E-state index contributed by atoms with van der Waals surface area (Å²) < 4.78 is 0. The molecule has 22 nitrogen and oxygen atoms in total. The molecule has 0 unspecified atom stereocenters. The van der Waals surface area contributed by atoms with Crippen LogP contribution in [-0.2, 0) is 57.6 Å². The van der Waals surface area contributed by atoms with Crippen molar-refractivity contribution in [2.45, 2.75) is 128 Å². The lowest BCUT2D eigenvalue weighted by Gasteiger charge is -2.34. The van der Waals surface area contributed by atoms with E-state index < -0.39 is 96.1 Å². The Morgan fingerprint density at radius 2 is 1.19 bits per heavy atom. The average molecular weight is 1010 g/mol. The van der Waals surface area contributed by atoms with Crippen LogP contribution in [0.3, 0.4) is 0 Å². The SMILES string of the molecule is CCCC[C@H](NC(=O)[C@H](CC(C)C)N(C)C(=O)[C@H](Cc1ccccc1)NC(=O)[C@@H](N)Cc1ccc(O)cc1)C(=O)N[C@@H](Cc1cccnc1)C(=O)N(C)[C@@H](C)C(=O)N[C@@H](CCCNC(=N)N)C(=O)NCC(N)=O. The van der Waals surface area contributed by atoms with E-state index in [2.05, 4.69) is 36.9 Å². The molecule has 0 aliphatic carbocycles. The van der Waals surface area contributed by atoms with Crippen molar-refractivity contribution in [3.8, 4) is 5.75 Å². The number of amides is 8. The van der Waals surface area contributed by atoms with Crippen molar-refractivity contribution in [3.05, 3.63) is 95.8 Å². The number of benzene rings is 2. The Balaban J connectivity index is 1.89. The molecule has 0 saturated carbocycles. The highest BCUT2D eigenvalue weighted by atomic mass is 16.3. The topological polar surface area (TPSA) is 350 Å². The van der Waals surface area contributed by atoms with E-state index in [0.717, 1.165) is 10.5 Å². The minimum Gasteiger partial charge on any atom is -0.508 e. The third kappa shape index (κ3) is 20.6. The second kappa shape index (κ2) is 30.3. The van der Waals surface area contributed by atoms with Gasteiger partial charge in [-0.1, -0.05) is 82.1 Å². The molecule has 3 rings (SSSR count). The maximum Gasteiger partial charge on any atom is 0.245 e. The van der Waals surface area contributed by atoms with Crippen LogP contribution in [0.5, 0.6) is 5.75 Å². The first-order valence-corrected chi connectivity index (χ1v) is 24.5. The normalized spacial score (nSPS) is 13.9. The van der Waals surface area contributed by atoms with Crippen LogP contribution in [0.25, 0.3) is 0 Å². The van der Waals surface area contributed by atoms with Gasteiger partial charge in [0.2, 0.25) is 47.3 Å². The average Bonchev–Trinajstić information content (AvgIpc) is 3.36. The van der Waals surface area contributed by atoms with Crippen LogP contribution in [-0.4, -0.2) is 143 Å². The summed E-state index contributed by atoms with van der Waals surface area (Å²) in [6.45, 7) is 6.83. The number of carbonyl (C=O) groups is 8. The molecule has 398 valence electrons. The van der Waals surface area contributed by atoms with E-state index in [1.165, 1.54) is 44.2 Å². The Bertz CT molecular complexity index is 2300. The van der Waals surface area contributed by atoms with Crippen LogP contribution in [0.15, 0.2) is 79.1 Å². The lowest BCUT2D eigenvalue weighted by Crippen LogP contribution is -2.60. The highest BCUT2D eigenvalue weighted by molar-refractivity contribution is 5.97. The van der Waals surface area contributed by atoms with Gasteiger partial charge in [0.05, 0.1) is 12.6 Å². The summed E-state index contributed by atoms with van der Waals surface area (Å²) in [4.78, 5) is 116. The molecule has 0 fully saturated rings. The first-order chi connectivity index (χ1) is 34.6. The Morgan fingerprint density at radius 3 is 1.78 bits per heavy atom. The van der Waals surface area contributed by atoms with Gasteiger partial charge in [0, 0.05) is 45.9 Å². The van der Waals surface area contributed by atoms with Crippen LogP contribution in [0.1, 0.15) is 82.9 Å². The number of pyridine rings is 1. The van der Waals surface area contributed by atoms with Crippen molar-refractivity contribution >= 4 is 53.2 Å². The minimum absolute atomic E-state index is 0.0578. The van der Waals surface area contributed by atoms with Gasteiger partial charge in [0.1, 0.15) is 42.0 Å². The highest BCUT2D eigenvalue weighted by Crippen LogP contribution is 2.17. The monoisotopic (exact) mass is 1010 g/mol. The van der Waals surface area contributed by atoms with Crippen LogP contribution < -0.4 is 49.1 Å².